The van der Waals surface area contributed by atoms with E-state index >= 15 is 0 Å². The number of benzene rings is 1. The van der Waals surface area contributed by atoms with E-state index in [9.17, 15) is 14.7 Å². The maximum Gasteiger partial charge on any atom is 0.260 e. The number of amides is 1. The first-order valence-electron chi connectivity index (χ1n) is 8.26. The number of pyridine rings is 2. The summed E-state index contributed by atoms with van der Waals surface area (Å²) in [5.74, 6) is -0.517. The number of H-pyrrole nitrogens is 1. The molecule has 0 spiro atoms. The lowest BCUT2D eigenvalue weighted by Crippen LogP contribution is -2.41. The summed E-state index contributed by atoms with van der Waals surface area (Å²) >= 11 is 0. The summed E-state index contributed by atoms with van der Waals surface area (Å²) in [5, 5.41) is 12.3. The largest absolute Gasteiger partial charge is 0.394 e. The fourth-order valence-electron chi connectivity index (χ4n) is 2.69. The van der Waals surface area contributed by atoms with Gasteiger partial charge in [0.25, 0.3) is 11.5 Å². The monoisotopic (exact) mass is 349 g/mol. The van der Waals surface area contributed by atoms with Crippen molar-refractivity contribution in [3.05, 3.63) is 88.6 Å². The van der Waals surface area contributed by atoms with Crippen molar-refractivity contribution in [1.29, 1.82) is 0 Å². The number of aromatic nitrogens is 2. The third-order valence-electron chi connectivity index (χ3n) is 4.04. The Morgan fingerprint density at radius 2 is 1.85 bits per heavy atom. The van der Waals surface area contributed by atoms with Crippen molar-refractivity contribution in [2.45, 2.75) is 12.5 Å². The normalized spacial score (nSPS) is 11.7. The van der Waals surface area contributed by atoms with Crippen LogP contribution in [0.1, 0.15) is 15.9 Å². The summed E-state index contributed by atoms with van der Waals surface area (Å²) in [6.45, 7) is -0.220. The van der Waals surface area contributed by atoms with Gasteiger partial charge in [0.15, 0.2) is 0 Å². The molecule has 0 bridgehead atoms. The van der Waals surface area contributed by atoms with Crippen LogP contribution in [0.3, 0.4) is 0 Å². The van der Waals surface area contributed by atoms with Crippen LogP contribution in [0.4, 0.5) is 0 Å². The minimum absolute atomic E-state index is 0.00539. The molecule has 0 saturated heterocycles. The molecular formula is C20H19N3O3. The number of rotatable bonds is 6. The number of hydrogen-bond acceptors (Lipinski definition) is 4. The molecule has 3 N–H and O–H groups in total. The fourth-order valence-corrected chi connectivity index (χ4v) is 2.69. The Bertz CT molecular complexity index is 924. The van der Waals surface area contributed by atoms with E-state index in [1.54, 1.807) is 36.8 Å². The van der Waals surface area contributed by atoms with Gasteiger partial charge < -0.3 is 15.4 Å². The molecule has 132 valence electrons. The second-order valence-corrected chi connectivity index (χ2v) is 5.91. The summed E-state index contributed by atoms with van der Waals surface area (Å²) in [5.41, 5.74) is 2.07. The molecule has 1 unspecified atom stereocenters. The lowest BCUT2D eigenvalue weighted by atomic mass is 10.0. The van der Waals surface area contributed by atoms with E-state index in [0.29, 0.717) is 12.0 Å². The van der Waals surface area contributed by atoms with Crippen molar-refractivity contribution in [3.8, 4) is 11.1 Å². The second-order valence-electron chi connectivity index (χ2n) is 5.91. The van der Waals surface area contributed by atoms with Crippen LogP contribution in [0.15, 0.2) is 71.9 Å². The van der Waals surface area contributed by atoms with Crippen molar-refractivity contribution < 1.29 is 9.90 Å². The average Bonchev–Trinajstić information content (AvgIpc) is 2.69. The van der Waals surface area contributed by atoms with Crippen molar-refractivity contribution >= 4 is 5.91 Å². The molecule has 3 aromatic rings. The first-order chi connectivity index (χ1) is 12.7. The highest BCUT2D eigenvalue weighted by Crippen LogP contribution is 2.17. The molecule has 6 heteroatoms. The van der Waals surface area contributed by atoms with E-state index in [1.807, 2.05) is 30.3 Å². The van der Waals surface area contributed by atoms with E-state index in [0.717, 1.165) is 11.1 Å². The van der Waals surface area contributed by atoms with Crippen LogP contribution in [0.25, 0.3) is 11.1 Å². The second kappa shape index (κ2) is 8.22. The standard InChI is InChI=1S/C20H19N3O3/c24-13-17(10-14-4-2-1-3-5-14)23-20(26)18-11-16(12-22-19(18)25)15-6-8-21-9-7-15/h1-9,11-12,17,24H,10,13H2,(H,22,25)(H,23,26). The minimum Gasteiger partial charge on any atom is -0.394 e. The summed E-state index contributed by atoms with van der Waals surface area (Å²) in [7, 11) is 0. The molecule has 6 nitrogen and oxygen atoms in total. The minimum atomic E-state index is -0.517. The zero-order valence-electron chi connectivity index (χ0n) is 14.1. The molecule has 0 aliphatic carbocycles. The Kier molecular flexibility index (Phi) is 5.56. The number of nitrogens with one attached hydrogen (secondary N) is 2. The van der Waals surface area contributed by atoms with Crippen LogP contribution in [0.2, 0.25) is 0 Å². The molecule has 0 aliphatic heterocycles. The van der Waals surface area contributed by atoms with E-state index in [-0.39, 0.29) is 12.2 Å². The van der Waals surface area contributed by atoms with Gasteiger partial charge in [-0.05, 0) is 41.3 Å². The zero-order chi connectivity index (χ0) is 18.4. The van der Waals surface area contributed by atoms with Crippen LogP contribution in [-0.2, 0) is 6.42 Å². The maximum absolute atomic E-state index is 12.6. The summed E-state index contributed by atoms with van der Waals surface area (Å²) in [4.78, 5) is 31.2. The van der Waals surface area contributed by atoms with Crippen LogP contribution >= 0.6 is 0 Å². The first kappa shape index (κ1) is 17.6. The van der Waals surface area contributed by atoms with Gasteiger partial charge in [-0.1, -0.05) is 30.3 Å². The van der Waals surface area contributed by atoms with Crippen LogP contribution in [0, 0.1) is 0 Å². The molecule has 0 saturated carbocycles. The van der Waals surface area contributed by atoms with E-state index in [1.165, 1.54) is 0 Å². The van der Waals surface area contributed by atoms with Gasteiger partial charge in [0.1, 0.15) is 5.56 Å². The third-order valence-corrected chi connectivity index (χ3v) is 4.04. The Morgan fingerprint density at radius 3 is 2.54 bits per heavy atom. The van der Waals surface area contributed by atoms with Gasteiger partial charge in [0.2, 0.25) is 0 Å². The third kappa shape index (κ3) is 4.23. The number of aliphatic hydroxyl groups is 1. The van der Waals surface area contributed by atoms with Crippen LogP contribution in [0.5, 0.6) is 0 Å². The van der Waals surface area contributed by atoms with Crippen molar-refractivity contribution in [2.24, 2.45) is 0 Å². The molecular weight excluding hydrogens is 330 g/mol. The number of hydrogen-bond donors (Lipinski definition) is 3. The summed E-state index contributed by atoms with van der Waals surface area (Å²) in [6.07, 6.45) is 5.32. The maximum atomic E-state index is 12.6. The van der Waals surface area contributed by atoms with Gasteiger partial charge >= 0.3 is 0 Å². The zero-order valence-corrected chi connectivity index (χ0v) is 14.1. The Labute approximate surface area is 150 Å². The highest BCUT2D eigenvalue weighted by Gasteiger charge is 2.17. The lowest BCUT2D eigenvalue weighted by molar-refractivity contribution is 0.0915. The molecule has 1 aromatic carbocycles. The molecule has 0 radical (unpaired) electrons. The predicted octanol–water partition coefficient (Wildman–Crippen LogP) is 1.77. The Morgan fingerprint density at radius 1 is 1.12 bits per heavy atom. The molecule has 2 aromatic heterocycles. The Balaban J connectivity index is 1.79. The van der Waals surface area contributed by atoms with Gasteiger partial charge in [-0.3, -0.25) is 14.6 Å². The summed E-state index contributed by atoms with van der Waals surface area (Å²) in [6, 6.07) is 14.2. The number of carbonyl (C=O) groups excluding carboxylic acids is 1. The van der Waals surface area contributed by atoms with Gasteiger partial charge in [-0.15, -0.1) is 0 Å². The number of carbonyl (C=O) groups is 1. The van der Waals surface area contributed by atoms with Gasteiger partial charge in [-0.25, -0.2) is 0 Å². The van der Waals surface area contributed by atoms with Crippen molar-refractivity contribution in [2.75, 3.05) is 6.61 Å². The smallest absolute Gasteiger partial charge is 0.260 e. The lowest BCUT2D eigenvalue weighted by Gasteiger charge is -2.16. The number of nitrogens with zero attached hydrogens (tertiary/aromatic N) is 1. The SMILES string of the molecule is O=C(NC(CO)Cc1ccccc1)c1cc(-c2ccncc2)c[nH]c1=O. The van der Waals surface area contributed by atoms with Crippen LogP contribution in [-0.4, -0.2) is 33.6 Å². The van der Waals surface area contributed by atoms with Crippen molar-refractivity contribution in [3.63, 3.8) is 0 Å². The topological polar surface area (TPSA) is 95.1 Å². The van der Waals surface area contributed by atoms with E-state index in [4.69, 9.17) is 0 Å². The van der Waals surface area contributed by atoms with Gasteiger partial charge in [0.05, 0.1) is 12.6 Å². The average molecular weight is 349 g/mol. The first-order valence-corrected chi connectivity index (χ1v) is 8.26. The number of aliphatic hydroxyl groups excluding tert-OH is 1. The molecule has 1 amide bonds. The highest BCUT2D eigenvalue weighted by molar-refractivity contribution is 5.95. The van der Waals surface area contributed by atoms with Gasteiger partial charge in [-0.2, -0.15) is 0 Å². The Hall–Kier alpha value is -3.25. The quantitative estimate of drug-likeness (QED) is 0.632. The van der Waals surface area contributed by atoms with Gasteiger partial charge in [0, 0.05) is 18.6 Å². The molecule has 0 aliphatic rings. The van der Waals surface area contributed by atoms with Crippen LogP contribution < -0.4 is 10.9 Å². The molecule has 0 fully saturated rings. The highest BCUT2D eigenvalue weighted by atomic mass is 16.3. The van der Waals surface area contributed by atoms with Crippen molar-refractivity contribution in [1.82, 2.24) is 15.3 Å². The molecule has 2 heterocycles. The summed E-state index contributed by atoms with van der Waals surface area (Å²) < 4.78 is 0. The van der Waals surface area contributed by atoms with E-state index in [2.05, 4.69) is 15.3 Å². The molecule has 1 atom stereocenters. The fraction of sp³-hybridized carbons (Fsp3) is 0.150. The molecule has 3 rings (SSSR count). The number of aromatic amines is 1. The van der Waals surface area contributed by atoms with E-state index < -0.39 is 17.5 Å². The predicted molar refractivity (Wildman–Crippen MR) is 98.8 cm³/mol. The molecule has 26 heavy (non-hydrogen) atoms.